The SMILES string of the molecule is CCCC(NS(=O)(=O)CC(=O)OC)C(=O)O. The minimum Gasteiger partial charge on any atom is -0.480 e. The number of carboxylic acids is 1. The maximum atomic E-state index is 11.3. The van der Waals surface area contributed by atoms with Crippen LogP contribution in [0, 0.1) is 0 Å². The van der Waals surface area contributed by atoms with Crippen LogP contribution in [0.25, 0.3) is 0 Å². The van der Waals surface area contributed by atoms with E-state index in [0.717, 1.165) is 7.11 Å². The normalized spacial score (nSPS) is 13.1. The highest BCUT2D eigenvalue weighted by Gasteiger charge is 2.25. The van der Waals surface area contributed by atoms with Crippen molar-refractivity contribution in [3.8, 4) is 0 Å². The third-order valence-electron chi connectivity index (χ3n) is 1.73. The Hall–Kier alpha value is -1.15. The summed E-state index contributed by atoms with van der Waals surface area (Å²) in [4.78, 5) is 21.4. The number of nitrogens with one attached hydrogen (secondary N) is 1. The molecule has 0 aliphatic heterocycles. The van der Waals surface area contributed by atoms with Crippen LogP contribution < -0.4 is 4.72 Å². The van der Waals surface area contributed by atoms with E-state index >= 15 is 0 Å². The summed E-state index contributed by atoms with van der Waals surface area (Å²) in [5, 5.41) is 8.72. The van der Waals surface area contributed by atoms with Gasteiger partial charge in [-0.15, -0.1) is 0 Å². The third-order valence-corrected chi connectivity index (χ3v) is 2.99. The Balaban J connectivity index is 4.54. The third kappa shape index (κ3) is 5.66. The predicted octanol–water partition coefficient (Wildman–Crippen LogP) is -0.668. The van der Waals surface area contributed by atoms with Crippen LogP contribution in [0.2, 0.25) is 0 Å². The van der Waals surface area contributed by atoms with Gasteiger partial charge < -0.3 is 9.84 Å². The van der Waals surface area contributed by atoms with E-state index < -0.39 is 33.8 Å². The van der Waals surface area contributed by atoms with Crippen LogP contribution in [-0.2, 0) is 24.3 Å². The summed E-state index contributed by atoms with van der Waals surface area (Å²) < 4.78 is 28.7. The molecule has 0 saturated heterocycles. The van der Waals surface area contributed by atoms with Gasteiger partial charge in [-0.2, -0.15) is 0 Å². The van der Waals surface area contributed by atoms with E-state index in [4.69, 9.17) is 5.11 Å². The first-order chi connectivity index (χ1) is 7.32. The lowest BCUT2D eigenvalue weighted by molar-refractivity contribution is -0.139. The van der Waals surface area contributed by atoms with Crippen molar-refractivity contribution < 1.29 is 27.9 Å². The first kappa shape index (κ1) is 14.8. The van der Waals surface area contributed by atoms with Crippen LogP contribution in [0.5, 0.6) is 0 Å². The van der Waals surface area contributed by atoms with Crippen molar-refractivity contribution in [1.29, 1.82) is 0 Å². The Morgan fingerprint density at radius 3 is 2.38 bits per heavy atom. The molecule has 8 heteroatoms. The van der Waals surface area contributed by atoms with E-state index in [9.17, 15) is 18.0 Å². The molecule has 0 fully saturated rings. The molecule has 2 N–H and O–H groups in total. The topological polar surface area (TPSA) is 110 Å². The summed E-state index contributed by atoms with van der Waals surface area (Å²) in [7, 11) is -2.91. The fourth-order valence-electron chi connectivity index (χ4n) is 0.994. The molecule has 16 heavy (non-hydrogen) atoms. The highest BCUT2D eigenvalue weighted by molar-refractivity contribution is 7.90. The lowest BCUT2D eigenvalue weighted by Gasteiger charge is -2.12. The fourth-order valence-corrected chi connectivity index (χ4v) is 2.16. The quantitative estimate of drug-likeness (QED) is 0.582. The number of ether oxygens (including phenoxy) is 1. The highest BCUT2D eigenvalue weighted by Crippen LogP contribution is 2.00. The second-order valence-corrected chi connectivity index (χ2v) is 4.89. The van der Waals surface area contributed by atoms with Crippen LogP contribution in [0.15, 0.2) is 0 Å². The number of carbonyl (C=O) groups excluding carboxylic acids is 1. The van der Waals surface area contributed by atoms with Crippen molar-refractivity contribution in [2.75, 3.05) is 12.9 Å². The van der Waals surface area contributed by atoms with Gasteiger partial charge in [-0.3, -0.25) is 9.59 Å². The number of hydrogen-bond acceptors (Lipinski definition) is 5. The van der Waals surface area contributed by atoms with Gasteiger partial charge in [0, 0.05) is 0 Å². The van der Waals surface area contributed by atoms with Crippen LogP contribution in [-0.4, -0.2) is 44.4 Å². The molecule has 0 rings (SSSR count). The number of sulfonamides is 1. The lowest BCUT2D eigenvalue weighted by Crippen LogP contribution is -2.43. The van der Waals surface area contributed by atoms with E-state index in [1.54, 1.807) is 6.92 Å². The molecule has 0 aromatic carbocycles. The first-order valence-corrected chi connectivity index (χ1v) is 6.27. The van der Waals surface area contributed by atoms with E-state index in [0.29, 0.717) is 6.42 Å². The first-order valence-electron chi connectivity index (χ1n) is 4.62. The summed E-state index contributed by atoms with van der Waals surface area (Å²) in [5.74, 6) is -3.08. The largest absolute Gasteiger partial charge is 0.480 e. The van der Waals surface area contributed by atoms with Gasteiger partial charge in [-0.05, 0) is 6.42 Å². The van der Waals surface area contributed by atoms with Crippen molar-refractivity contribution >= 4 is 22.0 Å². The second-order valence-electron chi connectivity index (χ2n) is 3.13. The summed E-state index contributed by atoms with van der Waals surface area (Å²) in [6.07, 6.45) is 0.674. The molecule has 7 nitrogen and oxygen atoms in total. The van der Waals surface area contributed by atoms with Crippen molar-refractivity contribution in [3.05, 3.63) is 0 Å². The predicted molar refractivity (Wildman–Crippen MR) is 55.3 cm³/mol. The van der Waals surface area contributed by atoms with Crippen LogP contribution in [0.3, 0.4) is 0 Å². The summed E-state index contributed by atoms with van der Waals surface area (Å²) in [5.41, 5.74) is 0. The zero-order valence-corrected chi connectivity index (χ0v) is 9.91. The standard InChI is InChI=1S/C8H15NO6S/c1-3-4-6(8(11)12)9-16(13,14)5-7(10)15-2/h6,9H,3-5H2,1-2H3,(H,11,12). The van der Waals surface area contributed by atoms with Crippen molar-refractivity contribution in [2.45, 2.75) is 25.8 Å². The minimum absolute atomic E-state index is 0.162. The highest BCUT2D eigenvalue weighted by atomic mass is 32.2. The summed E-state index contributed by atoms with van der Waals surface area (Å²) >= 11 is 0. The van der Waals surface area contributed by atoms with Crippen molar-refractivity contribution in [3.63, 3.8) is 0 Å². The molecule has 0 aliphatic carbocycles. The van der Waals surface area contributed by atoms with Crippen LogP contribution >= 0.6 is 0 Å². The summed E-state index contributed by atoms with van der Waals surface area (Å²) in [6, 6.07) is -1.21. The Kier molecular flexibility index (Phi) is 5.97. The zero-order valence-electron chi connectivity index (χ0n) is 9.10. The second kappa shape index (κ2) is 6.44. The van der Waals surface area contributed by atoms with E-state index in [2.05, 4.69) is 4.74 Å². The monoisotopic (exact) mass is 253 g/mol. The Labute approximate surface area is 93.8 Å². The number of methoxy groups -OCH3 is 1. The molecule has 0 aliphatic rings. The van der Waals surface area contributed by atoms with Gasteiger partial charge in [0.05, 0.1) is 7.11 Å². The molecular weight excluding hydrogens is 238 g/mol. The molecule has 0 aromatic rings. The number of rotatable bonds is 7. The van der Waals surface area contributed by atoms with Gasteiger partial charge in [-0.25, -0.2) is 13.1 Å². The van der Waals surface area contributed by atoms with Gasteiger partial charge in [0.15, 0.2) is 5.75 Å². The number of aliphatic carboxylic acids is 1. The van der Waals surface area contributed by atoms with E-state index in [1.807, 2.05) is 4.72 Å². The number of carboxylic acid groups (broad SMARTS) is 1. The number of esters is 1. The molecule has 1 atom stereocenters. The molecule has 1 unspecified atom stereocenters. The van der Waals surface area contributed by atoms with Crippen molar-refractivity contribution in [1.82, 2.24) is 4.72 Å². The van der Waals surface area contributed by atoms with Gasteiger partial charge in [0.2, 0.25) is 10.0 Å². The molecule has 0 aromatic heterocycles. The molecule has 94 valence electrons. The van der Waals surface area contributed by atoms with Gasteiger partial charge in [-0.1, -0.05) is 13.3 Å². The smallest absolute Gasteiger partial charge is 0.322 e. The number of hydrogen-bond donors (Lipinski definition) is 2. The lowest BCUT2D eigenvalue weighted by atomic mass is 10.2. The van der Waals surface area contributed by atoms with Crippen molar-refractivity contribution in [2.24, 2.45) is 0 Å². The van der Waals surface area contributed by atoms with Gasteiger partial charge >= 0.3 is 11.9 Å². The minimum atomic E-state index is -3.96. The maximum Gasteiger partial charge on any atom is 0.322 e. The van der Waals surface area contributed by atoms with Gasteiger partial charge in [0.1, 0.15) is 6.04 Å². The maximum absolute atomic E-state index is 11.3. The Morgan fingerprint density at radius 1 is 1.44 bits per heavy atom. The van der Waals surface area contributed by atoms with Gasteiger partial charge in [0.25, 0.3) is 0 Å². The molecule has 0 heterocycles. The van der Waals surface area contributed by atoms with E-state index in [-0.39, 0.29) is 6.42 Å². The number of carbonyl (C=O) groups is 2. The molecule has 0 bridgehead atoms. The summed E-state index contributed by atoms with van der Waals surface area (Å²) in [6.45, 7) is 1.73. The molecular formula is C8H15NO6S. The fraction of sp³-hybridized carbons (Fsp3) is 0.750. The Morgan fingerprint density at radius 2 is 2.00 bits per heavy atom. The molecule has 0 saturated carbocycles. The Bertz CT molecular complexity index is 350. The van der Waals surface area contributed by atoms with Crippen LogP contribution in [0.4, 0.5) is 0 Å². The molecule has 0 spiro atoms. The van der Waals surface area contributed by atoms with Crippen LogP contribution in [0.1, 0.15) is 19.8 Å². The molecule has 0 amide bonds. The zero-order chi connectivity index (χ0) is 12.8. The van der Waals surface area contributed by atoms with E-state index in [1.165, 1.54) is 0 Å². The molecule has 0 radical (unpaired) electrons. The average molecular weight is 253 g/mol. The average Bonchev–Trinajstić information content (AvgIpc) is 2.15.